The predicted octanol–water partition coefficient (Wildman–Crippen LogP) is 1.09. The van der Waals surface area contributed by atoms with E-state index in [4.69, 9.17) is 10.2 Å². The Labute approximate surface area is 94.1 Å². The molecule has 2 rings (SSSR count). The van der Waals surface area contributed by atoms with Gasteiger partial charge in [-0.25, -0.2) is 4.98 Å². The lowest BCUT2D eigenvalue weighted by molar-refractivity contribution is 0.0985. The Hall–Kier alpha value is -2.15. The van der Waals surface area contributed by atoms with Gasteiger partial charge in [-0.15, -0.1) is 11.3 Å². The van der Waals surface area contributed by atoms with Crippen LogP contribution in [0.25, 0.3) is 0 Å². The van der Waals surface area contributed by atoms with E-state index in [-0.39, 0.29) is 11.5 Å². The lowest BCUT2D eigenvalue weighted by atomic mass is 10.4. The molecule has 2 aromatic rings. The molecule has 2 amide bonds. The van der Waals surface area contributed by atoms with E-state index < -0.39 is 11.8 Å². The normalized spacial score (nSPS) is 10.0. The highest BCUT2D eigenvalue weighted by Crippen LogP contribution is 2.16. The molecule has 0 saturated carbocycles. The van der Waals surface area contributed by atoms with Gasteiger partial charge in [0.2, 0.25) is 0 Å². The Kier molecular flexibility index (Phi) is 2.69. The number of nitrogens with one attached hydrogen (secondary N) is 1. The minimum atomic E-state index is -0.630. The molecule has 0 aliphatic carbocycles. The maximum Gasteiger partial charge on any atom is 0.293 e. The van der Waals surface area contributed by atoms with Crippen LogP contribution >= 0.6 is 11.3 Å². The zero-order chi connectivity index (χ0) is 11.5. The van der Waals surface area contributed by atoms with Gasteiger partial charge in [-0.05, 0) is 12.1 Å². The molecule has 7 heteroatoms. The van der Waals surface area contributed by atoms with Crippen molar-refractivity contribution in [3.05, 3.63) is 35.2 Å². The number of carbonyl (C=O) groups is 2. The van der Waals surface area contributed by atoms with Crippen LogP contribution in [0.15, 0.2) is 28.2 Å². The van der Waals surface area contributed by atoms with Crippen LogP contribution in [0, 0.1) is 0 Å². The molecule has 0 spiro atoms. The molecule has 2 aromatic heterocycles. The summed E-state index contributed by atoms with van der Waals surface area (Å²) in [5.74, 6) is -0.874. The SMILES string of the molecule is NC(=O)c1csc(NC(=O)c2ccco2)n1. The number of thiazole rings is 1. The van der Waals surface area contributed by atoms with Crippen LogP contribution in [-0.2, 0) is 0 Å². The van der Waals surface area contributed by atoms with Gasteiger partial charge < -0.3 is 10.2 Å². The van der Waals surface area contributed by atoms with Crippen LogP contribution < -0.4 is 11.1 Å². The van der Waals surface area contributed by atoms with Gasteiger partial charge >= 0.3 is 0 Å². The highest BCUT2D eigenvalue weighted by Gasteiger charge is 2.12. The van der Waals surface area contributed by atoms with E-state index in [1.165, 1.54) is 17.7 Å². The Morgan fingerprint density at radius 1 is 1.50 bits per heavy atom. The molecule has 0 aliphatic heterocycles. The molecule has 0 atom stereocenters. The molecule has 82 valence electrons. The highest BCUT2D eigenvalue weighted by atomic mass is 32.1. The second-order valence-corrected chi connectivity index (χ2v) is 3.69. The maximum atomic E-state index is 11.5. The van der Waals surface area contributed by atoms with Crippen LogP contribution in [0.4, 0.5) is 5.13 Å². The van der Waals surface area contributed by atoms with Gasteiger partial charge in [0.05, 0.1) is 6.26 Å². The Bertz CT molecular complexity index is 518. The molecule has 0 unspecified atom stereocenters. The Morgan fingerprint density at radius 2 is 2.31 bits per heavy atom. The summed E-state index contributed by atoms with van der Waals surface area (Å²) in [7, 11) is 0. The number of aromatic nitrogens is 1. The standard InChI is InChI=1S/C9H7N3O3S/c10-7(13)5-4-16-9(11-5)12-8(14)6-2-1-3-15-6/h1-4H,(H2,10,13)(H,11,12,14). The van der Waals surface area contributed by atoms with E-state index >= 15 is 0 Å². The number of nitrogens with zero attached hydrogens (tertiary/aromatic N) is 1. The smallest absolute Gasteiger partial charge is 0.293 e. The first-order valence-corrected chi connectivity index (χ1v) is 5.15. The second kappa shape index (κ2) is 4.15. The summed E-state index contributed by atoms with van der Waals surface area (Å²) >= 11 is 1.12. The first-order chi connectivity index (χ1) is 7.66. The molecule has 2 heterocycles. The number of anilines is 1. The van der Waals surface area contributed by atoms with Crippen LogP contribution in [0.3, 0.4) is 0 Å². The van der Waals surface area contributed by atoms with Gasteiger partial charge in [-0.3, -0.25) is 14.9 Å². The molecule has 0 fully saturated rings. The van der Waals surface area contributed by atoms with Gasteiger partial charge in [-0.2, -0.15) is 0 Å². The number of amides is 2. The number of furan rings is 1. The summed E-state index contributed by atoms with van der Waals surface area (Å²) in [6, 6.07) is 3.13. The van der Waals surface area contributed by atoms with Crippen LogP contribution in [0.1, 0.15) is 21.0 Å². The number of hydrogen-bond donors (Lipinski definition) is 2. The lowest BCUT2D eigenvalue weighted by Gasteiger charge is -1.96. The quantitative estimate of drug-likeness (QED) is 0.834. The second-order valence-electron chi connectivity index (χ2n) is 2.83. The molecule has 16 heavy (non-hydrogen) atoms. The first kappa shape index (κ1) is 10.4. The average molecular weight is 237 g/mol. The fourth-order valence-electron chi connectivity index (χ4n) is 1.01. The molecule has 0 saturated heterocycles. The van der Waals surface area contributed by atoms with E-state index in [2.05, 4.69) is 10.3 Å². The van der Waals surface area contributed by atoms with Crippen LogP contribution in [0.5, 0.6) is 0 Å². The van der Waals surface area contributed by atoms with Crippen molar-refractivity contribution in [2.75, 3.05) is 5.32 Å². The third-order valence-corrected chi connectivity index (χ3v) is 2.48. The summed E-state index contributed by atoms with van der Waals surface area (Å²) in [6.45, 7) is 0. The van der Waals surface area contributed by atoms with E-state index in [0.29, 0.717) is 5.13 Å². The summed E-state index contributed by atoms with van der Waals surface area (Å²) < 4.78 is 4.89. The van der Waals surface area contributed by atoms with Crippen LogP contribution in [0.2, 0.25) is 0 Å². The van der Waals surface area contributed by atoms with E-state index in [9.17, 15) is 9.59 Å². The van der Waals surface area contributed by atoms with E-state index in [1.807, 2.05) is 0 Å². The zero-order valence-corrected chi connectivity index (χ0v) is 8.78. The first-order valence-electron chi connectivity index (χ1n) is 4.27. The topological polar surface area (TPSA) is 98.2 Å². The number of primary amides is 1. The molecule has 0 bridgehead atoms. The van der Waals surface area contributed by atoms with Crippen LogP contribution in [-0.4, -0.2) is 16.8 Å². The van der Waals surface area contributed by atoms with Crippen molar-refractivity contribution in [3.63, 3.8) is 0 Å². The summed E-state index contributed by atoms with van der Waals surface area (Å²) in [4.78, 5) is 26.1. The van der Waals surface area contributed by atoms with Gasteiger partial charge in [0.25, 0.3) is 11.8 Å². The molecule has 0 aliphatic rings. The Morgan fingerprint density at radius 3 is 2.88 bits per heavy atom. The van der Waals surface area contributed by atoms with E-state index in [0.717, 1.165) is 11.3 Å². The van der Waals surface area contributed by atoms with Gasteiger partial charge in [0.1, 0.15) is 5.69 Å². The number of rotatable bonds is 3. The van der Waals surface area contributed by atoms with Crippen molar-refractivity contribution in [1.82, 2.24) is 4.98 Å². The minimum Gasteiger partial charge on any atom is -0.459 e. The third-order valence-electron chi connectivity index (χ3n) is 1.72. The van der Waals surface area contributed by atoms with Crippen molar-refractivity contribution < 1.29 is 14.0 Å². The van der Waals surface area contributed by atoms with Crippen molar-refractivity contribution in [2.24, 2.45) is 5.73 Å². The molecule has 0 aromatic carbocycles. The van der Waals surface area contributed by atoms with Gasteiger partial charge in [0, 0.05) is 5.38 Å². The largest absolute Gasteiger partial charge is 0.459 e. The average Bonchev–Trinajstić information content (AvgIpc) is 2.87. The highest BCUT2D eigenvalue weighted by molar-refractivity contribution is 7.14. The van der Waals surface area contributed by atoms with Crippen molar-refractivity contribution in [1.29, 1.82) is 0 Å². The van der Waals surface area contributed by atoms with Gasteiger partial charge in [0.15, 0.2) is 10.9 Å². The number of hydrogen-bond acceptors (Lipinski definition) is 5. The predicted molar refractivity (Wildman–Crippen MR) is 57.3 cm³/mol. The number of nitrogens with two attached hydrogens (primary N) is 1. The maximum absolute atomic E-state index is 11.5. The summed E-state index contributed by atoms with van der Waals surface area (Å²) in [5.41, 5.74) is 5.15. The summed E-state index contributed by atoms with van der Waals surface area (Å²) in [5, 5.41) is 4.26. The number of carbonyl (C=O) groups excluding carboxylic acids is 2. The van der Waals surface area contributed by atoms with Gasteiger partial charge in [-0.1, -0.05) is 0 Å². The molecule has 0 radical (unpaired) electrons. The van der Waals surface area contributed by atoms with Crippen molar-refractivity contribution in [3.8, 4) is 0 Å². The van der Waals surface area contributed by atoms with Crippen molar-refractivity contribution >= 4 is 28.3 Å². The fraction of sp³-hybridized carbons (Fsp3) is 0. The van der Waals surface area contributed by atoms with Crippen molar-refractivity contribution in [2.45, 2.75) is 0 Å². The minimum absolute atomic E-state index is 0.125. The third kappa shape index (κ3) is 2.09. The molecular weight excluding hydrogens is 230 g/mol. The zero-order valence-electron chi connectivity index (χ0n) is 7.97. The molecule has 6 nitrogen and oxygen atoms in total. The lowest BCUT2D eigenvalue weighted by Crippen LogP contribution is -2.13. The monoisotopic (exact) mass is 237 g/mol. The van der Waals surface area contributed by atoms with E-state index in [1.54, 1.807) is 6.07 Å². The molecular formula is C9H7N3O3S. The summed E-state index contributed by atoms with van der Waals surface area (Å²) in [6.07, 6.45) is 1.39. The molecule has 3 N–H and O–H groups in total. The fourth-order valence-corrected chi connectivity index (χ4v) is 1.71. The Balaban J connectivity index is 2.09.